The number of nitrogen functional groups attached to an aromatic ring is 2. The minimum absolute atomic E-state index is 0.0661. The van der Waals surface area contributed by atoms with Crippen LogP contribution in [-0.4, -0.2) is 71.0 Å². The maximum absolute atomic E-state index is 15.6. The molecule has 1 aliphatic rings. The van der Waals surface area contributed by atoms with Crippen molar-refractivity contribution in [2.24, 2.45) is 0 Å². The Morgan fingerprint density at radius 1 is 0.396 bits per heavy atom. The summed E-state index contributed by atoms with van der Waals surface area (Å²) in [4.78, 5) is 80.6. The summed E-state index contributed by atoms with van der Waals surface area (Å²) in [5.41, 5.74) is 17.9. The molecule has 10 aromatic carbocycles. The Labute approximate surface area is 619 Å². The van der Waals surface area contributed by atoms with Crippen molar-refractivity contribution in [3.05, 3.63) is 276 Å². The molecule has 0 aromatic heterocycles. The maximum atomic E-state index is 15.6. The summed E-state index contributed by atoms with van der Waals surface area (Å²) in [6.45, 7) is 12.2. The van der Waals surface area contributed by atoms with Crippen molar-refractivity contribution < 1.29 is 75.8 Å². The summed E-state index contributed by atoms with van der Waals surface area (Å²) >= 11 is -4.04. The number of benzene rings is 10. The van der Waals surface area contributed by atoms with Gasteiger partial charge in [-0.25, -0.2) is 28.6 Å². The van der Waals surface area contributed by atoms with Crippen LogP contribution in [0.2, 0.25) is 0 Å². The SMILES string of the molecule is C=CC(=O)OCCCCCCOc1ccc(C(=O)Oc2ccc(-c3ccc(Oc4cc(N[S+]([O-])c5ccc(C)cc5)c5c(c4N)C(=O)c4c(N)c(Oc6ccc(-c7ccc(OC(=O)c8ccc(OCCCCCCOC(=O)C=C)cc8)cc7)cc6)cc(N[S+]([O-])c6ccc(C)cc6)c4C5=O)cc3)cc2)cc1. The van der Waals surface area contributed by atoms with Gasteiger partial charge >= 0.3 is 23.9 Å². The van der Waals surface area contributed by atoms with Crippen LogP contribution in [0.3, 0.4) is 0 Å². The molecule has 540 valence electrons. The van der Waals surface area contributed by atoms with Crippen LogP contribution in [-0.2, 0) is 41.8 Å². The number of unbranched alkanes of at least 4 members (excludes halogenated alkanes) is 6. The van der Waals surface area contributed by atoms with Gasteiger partial charge in [0.25, 0.3) is 0 Å². The Hall–Kier alpha value is -12.1. The molecule has 0 amide bonds. The van der Waals surface area contributed by atoms with Gasteiger partial charge in [-0.05, 0) is 209 Å². The van der Waals surface area contributed by atoms with Gasteiger partial charge in [0.15, 0.2) is 32.9 Å². The fourth-order valence-electron chi connectivity index (χ4n) is 11.3. The smallest absolute Gasteiger partial charge is 0.343 e. The third kappa shape index (κ3) is 19.4. The van der Waals surface area contributed by atoms with Crippen molar-refractivity contribution in [1.29, 1.82) is 0 Å². The predicted molar refractivity (Wildman–Crippen MR) is 408 cm³/mol. The number of rotatable bonds is 34. The van der Waals surface area contributed by atoms with Gasteiger partial charge in [-0.1, -0.05) is 97.1 Å². The topological polar surface area (TPSA) is 298 Å². The molecule has 0 spiro atoms. The van der Waals surface area contributed by atoms with Crippen molar-refractivity contribution >= 4 is 80.9 Å². The fourth-order valence-corrected chi connectivity index (χ4v) is 13.0. The van der Waals surface area contributed by atoms with E-state index in [9.17, 15) is 28.3 Å². The molecular formula is C84H76N4O16S2. The first-order valence-corrected chi connectivity index (χ1v) is 36.5. The Morgan fingerprint density at radius 2 is 0.698 bits per heavy atom. The minimum atomic E-state index is -2.02. The largest absolute Gasteiger partial charge is 0.588 e. The molecule has 10 aromatic rings. The maximum Gasteiger partial charge on any atom is 0.343 e. The van der Waals surface area contributed by atoms with Crippen LogP contribution in [0.25, 0.3) is 22.3 Å². The van der Waals surface area contributed by atoms with Gasteiger partial charge in [-0.15, -0.1) is 0 Å². The fraction of sp³-hybridized carbons (Fsp3) is 0.167. The summed E-state index contributed by atoms with van der Waals surface area (Å²) in [7, 11) is 0. The van der Waals surface area contributed by atoms with Crippen LogP contribution in [0.5, 0.6) is 46.0 Å². The lowest BCUT2D eigenvalue weighted by Gasteiger charge is -2.27. The Kier molecular flexibility index (Phi) is 25.4. The van der Waals surface area contributed by atoms with Gasteiger partial charge in [0.05, 0.1) is 82.6 Å². The van der Waals surface area contributed by atoms with E-state index in [4.69, 9.17) is 49.4 Å². The highest BCUT2D eigenvalue weighted by atomic mass is 32.2. The van der Waals surface area contributed by atoms with Gasteiger partial charge in [0.2, 0.25) is 0 Å². The monoisotopic (exact) mass is 1460 g/mol. The standard InChI is InChI=1S/C84H76N4O16S2/c1-5-73(89)99-49-13-9-7-11-47-97-61-31-27-59(28-32-61)83(93)103-65-39-23-57(24-40-65)55-19-35-63(36-20-55)101-71-51-69(87-105(95)67-43-15-53(3)16-44-67)75-77(79(71)85)82(92)78-76(81(75)91)70(88-106(96)68-45-17-54(4)18-46-68)52-72(80(78)86)102-64-37-21-56(22-38-64)58-25-41-66(42-26-58)104-84(94)60-29-33-62(34-30-60)98-48-12-8-10-14-50-100-74(90)6-2/h5-6,15-46,51-52,87-88H,1-2,7-14,47-50,85-86H2,3-4H3. The van der Waals surface area contributed by atoms with Crippen LogP contribution in [0.1, 0.15) is 115 Å². The van der Waals surface area contributed by atoms with Crippen molar-refractivity contribution in [2.75, 3.05) is 47.3 Å². The lowest BCUT2D eigenvalue weighted by molar-refractivity contribution is -0.138. The number of ketones is 2. The van der Waals surface area contributed by atoms with Crippen LogP contribution in [0.4, 0.5) is 22.7 Å². The van der Waals surface area contributed by atoms with Gasteiger partial charge in [-0.3, -0.25) is 9.59 Å². The zero-order chi connectivity index (χ0) is 74.6. The average Bonchev–Trinajstić information content (AvgIpc) is 0.718. The highest BCUT2D eigenvalue weighted by Gasteiger charge is 2.41. The van der Waals surface area contributed by atoms with E-state index in [1.165, 1.54) is 12.1 Å². The van der Waals surface area contributed by atoms with E-state index in [-0.39, 0.29) is 68.0 Å². The number of ether oxygens (including phenoxy) is 8. The lowest BCUT2D eigenvalue weighted by atomic mass is 9.80. The number of hydrogen-bond donors (Lipinski definition) is 4. The zero-order valence-corrected chi connectivity index (χ0v) is 59.8. The minimum Gasteiger partial charge on any atom is -0.588 e. The molecule has 0 aliphatic heterocycles. The molecule has 6 N–H and O–H groups in total. The number of nitrogens with one attached hydrogen (secondary N) is 2. The van der Waals surface area contributed by atoms with E-state index in [0.717, 1.165) is 96.9 Å². The number of carbonyl (C=O) groups excluding carboxylic acids is 6. The quantitative estimate of drug-likeness (QED) is 0.00727. The van der Waals surface area contributed by atoms with E-state index in [1.54, 1.807) is 194 Å². The molecule has 0 radical (unpaired) electrons. The summed E-state index contributed by atoms with van der Waals surface area (Å²) in [6.07, 6.45) is 9.01. The number of anilines is 4. The van der Waals surface area contributed by atoms with Crippen molar-refractivity contribution in [1.82, 2.24) is 0 Å². The number of aryl methyl sites for hydroxylation is 2. The average molecular weight is 1460 g/mol. The summed E-state index contributed by atoms with van der Waals surface area (Å²) in [5, 5.41) is 0. The second kappa shape index (κ2) is 35.9. The van der Waals surface area contributed by atoms with Gasteiger partial charge < -0.3 is 58.5 Å². The van der Waals surface area contributed by atoms with Crippen LogP contribution < -0.4 is 49.3 Å². The van der Waals surface area contributed by atoms with Gasteiger partial charge in [0, 0.05) is 24.3 Å². The summed E-state index contributed by atoms with van der Waals surface area (Å²) in [5.74, 6) is -1.27. The molecule has 11 rings (SSSR count). The number of hydrogen-bond acceptors (Lipinski definition) is 20. The van der Waals surface area contributed by atoms with E-state index < -0.39 is 58.2 Å². The van der Waals surface area contributed by atoms with E-state index >= 15 is 9.59 Å². The Bertz CT molecular complexity index is 4510. The molecule has 0 heterocycles. The molecule has 2 atom stereocenters. The van der Waals surface area contributed by atoms with E-state index in [2.05, 4.69) is 22.6 Å². The van der Waals surface area contributed by atoms with Crippen LogP contribution in [0.15, 0.2) is 241 Å². The highest BCUT2D eigenvalue weighted by Crippen LogP contribution is 2.49. The van der Waals surface area contributed by atoms with Crippen LogP contribution >= 0.6 is 0 Å². The second-order valence-corrected chi connectivity index (χ2v) is 27.0. The van der Waals surface area contributed by atoms with Crippen LogP contribution in [0, 0.1) is 13.8 Å². The molecule has 22 heteroatoms. The molecular weight excluding hydrogens is 1390 g/mol. The van der Waals surface area contributed by atoms with Crippen molar-refractivity contribution in [2.45, 2.75) is 75.0 Å². The second-order valence-electron chi connectivity index (χ2n) is 24.6. The molecule has 106 heavy (non-hydrogen) atoms. The summed E-state index contributed by atoms with van der Waals surface area (Å²) in [6, 6.07) is 57.8. The number of carbonyl (C=O) groups is 6. The lowest BCUT2D eigenvalue weighted by Crippen LogP contribution is -2.28. The number of nitrogens with two attached hydrogens (primary N) is 2. The third-order valence-corrected chi connectivity index (χ3v) is 19.2. The summed E-state index contributed by atoms with van der Waals surface area (Å²) < 4.78 is 80.6. The highest BCUT2D eigenvalue weighted by molar-refractivity contribution is 7.93. The van der Waals surface area contributed by atoms with Crippen molar-refractivity contribution in [3.63, 3.8) is 0 Å². The zero-order valence-electron chi connectivity index (χ0n) is 58.2. The van der Waals surface area contributed by atoms with Gasteiger partial charge in [0.1, 0.15) is 57.2 Å². The molecule has 1 aliphatic carbocycles. The first-order valence-electron chi connectivity index (χ1n) is 34.2. The van der Waals surface area contributed by atoms with Crippen molar-refractivity contribution in [3.8, 4) is 68.2 Å². The number of esters is 4. The molecule has 0 bridgehead atoms. The first kappa shape index (κ1) is 75.1. The predicted octanol–water partition coefficient (Wildman–Crippen LogP) is 17.2. The molecule has 0 fully saturated rings. The Morgan fingerprint density at radius 3 is 1.03 bits per heavy atom. The molecule has 2 unspecified atom stereocenters. The Balaban J connectivity index is 0.790. The third-order valence-electron chi connectivity index (χ3n) is 17.0. The first-order chi connectivity index (χ1) is 51.4. The number of fused-ring (bicyclic) bond motifs is 2. The van der Waals surface area contributed by atoms with E-state index in [1.807, 2.05) is 13.8 Å². The molecule has 0 saturated heterocycles. The normalized spacial score (nSPS) is 11.9. The molecule has 20 nitrogen and oxygen atoms in total. The van der Waals surface area contributed by atoms with E-state index in [0.29, 0.717) is 70.3 Å². The van der Waals surface area contributed by atoms with Gasteiger partial charge in [-0.2, -0.15) is 0 Å². The molecule has 0 saturated carbocycles.